The SMILES string of the molecule is O=C(Oc1ccc(Cl)cc1Cl)C1=C(c2ccccc2)SCCO1. The maximum Gasteiger partial charge on any atom is 0.380 e. The molecule has 0 N–H and O–H groups in total. The van der Waals surface area contributed by atoms with Gasteiger partial charge in [0, 0.05) is 10.8 Å². The summed E-state index contributed by atoms with van der Waals surface area (Å²) in [5.74, 6) is 0.668. The van der Waals surface area contributed by atoms with Crippen LogP contribution in [0, 0.1) is 0 Å². The maximum absolute atomic E-state index is 12.5. The van der Waals surface area contributed by atoms with Crippen LogP contribution >= 0.6 is 35.0 Å². The quantitative estimate of drug-likeness (QED) is 0.563. The number of halogens is 2. The molecule has 23 heavy (non-hydrogen) atoms. The van der Waals surface area contributed by atoms with E-state index in [1.807, 2.05) is 30.3 Å². The second kappa shape index (κ2) is 7.30. The Kier molecular flexibility index (Phi) is 5.16. The molecule has 2 aromatic carbocycles. The third-order valence-electron chi connectivity index (χ3n) is 3.10. The summed E-state index contributed by atoms with van der Waals surface area (Å²) in [5, 5.41) is 0.750. The highest BCUT2D eigenvalue weighted by Crippen LogP contribution is 2.36. The van der Waals surface area contributed by atoms with Crippen molar-refractivity contribution in [2.75, 3.05) is 12.4 Å². The predicted molar refractivity (Wildman–Crippen MR) is 93.9 cm³/mol. The first-order chi connectivity index (χ1) is 11.1. The highest BCUT2D eigenvalue weighted by atomic mass is 35.5. The Morgan fingerprint density at radius 1 is 1.13 bits per heavy atom. The van der Waals surface area contributed by atoms with E-state index < -0.39 is 5.97 Å². The van der Waals surface area contributed by atoms with Crippen molar-refractivity contribution in [3.05, 3.63) is 69.9 Å². The first kappa shape index (κ1) is 16.2. The summed E-state index contributed by atoms with van der Waals surface area (Å²) >= 11 is 13.5. The van der Waals surface area contributed by atoms with E-state index >= 15 is 0 Å². The molecule has 0 aromatic heterocycles. The number of thioether (sulfide) groups is 1. The second-order valence-electron chi connectivity index (χ2n) is 4.69. The van der Waals surface area contributed by atoms with Gasteiger partial charge in [0.05, 0.1) is 16.5 Å². The zero-order valence-corrected chi connectivity index (χ0v) is 14.3. The minimum absolute atomic E-state index is 0.207. The molecule has 0 amide bonds. The Balaban J connectivity index is 1.91. The van der Waals surface area contributed by atoms with Gasteiger partial charge in [-0.15, -0.1) is 11.8 Å². The van der Waals surface area contributed by atoms with Crippen molar-refractivity contribution < 1.29 is 14.3 Å². The van der Waals surface area contributed by atoms with Crippen LogP contribution in [-0.4, -0.2) is 18.3 Å². The number of rotatable bonds is 3. The summed E-state index contributed by atoms with van der Waals surface area (Å²) < 4.78 is 10.9. The number of hydrogen-bond donors (Lipinski definition) is 0. The van der Waals surface area contributed by atoms with Crippen molar-refractivity contribution in [2.24, 2.45) is 0 Å². The third kappa shape index (κ3) is 3.83. The highest BCUT2D eigenvalue weighted by molar-refractivity contribution is 8.08. The van der Waals surface area contributed by atoms with Crippen molar-refractivity contribution in [1.29, 1.82) is 0 Å². The molecule has 1 aliphatic heterocycles. The van der Waals surface area contributed by atoms with Gasteiger partial charge in [0.15, 0.2) is 0 Å². The molecule has 6 heteroatoms. The molecule has 0 atom stereocenters. The number of hydrogen-bond acceptors (Lipinski definition) is 4. The summed E-state index contributed by atoms with van der Waals surface area (Å²) in [6, 6.07) is 14.3. The van der Waals surface area contributed by atoms with E-state index in [9.17, 15) is 4.79 Å². The van der Waals surface area contributed by atoms with Crippen LogP contribution in [0.5, 0.6) is 5.75 Å². The average molecular weight is 367 g/mol. The molecule has 0 saturated heterocycles. The zero-order valence-electron chi connectivity index (χ0n) is 11.9. The Morgan fingerprint density at radius 2 is 1.91 bits per heavy atom. The minimum atomic E-state index is -0.569. The molecule has 0 radical (unpaired) electrons. The molecule has 118 valence electrons. The Hall–Kier alpha value is -1.62. The van der Waals surface area contributed by atoms with Gasteiger partial charge in [0.2, 0.25) is 5.76 Å². The van der Waals surface area contributed by atoms with Crippen molar-refractivity contribution in [2.45, 2.75) is 0 Å². The van der Waals surface area contributed by atoms with E-state index in [4.69, 9.17) is 32.7 Å². The van der Waals surface area contributed by atoms with E-state index in [1.54, 1.807) is 23.9 Å². The highest BCUT2D eigenvalue weighted by Gasteiger charge is 2.25. The smallest absolute Gasteiger partial charge is 0.380 e. The van der Waals surface area contributed by atoms with Crippen LogP contribution in [0.3, 0.4) is 0 Å². The molecule has 0 aliphatic carbocycles. The Bertz CT molecular complexity index is 760. The summed E-state index contributed by atoms with van der Waals surface area (Å²) in [5.41, 5.74) is 0.923. The normalized spacial score (nSPS) is 14.3. The van der Waals surface area contributed by atoms with Gasteiger partial charge >= 0.3 is 5.97 Å². The van der Waals surface area contributed by atoms with Crippen molar-refractivity contribution in [3.63, 3.8) is 0 Å². The van der Waals surface area contributed by atoms with Crippen molar-refractivity contribution >= 4 is 45.8 Å². The van der Waals surface area contributed by atoms with Gasteiger partial charge in [-0.05, 0) is 23.8 Å². The first-order valence-electron chi connectivity index (χ1n) is 6.87. The summed E-state index contributed by atoms with van der Waals surface area (Å²) in [6.45, 7) is 0.458. The molecule has 0 saturated carbocycles. The number of carbonyl (C=O) groups excluding carboxylic acids is 1. The van der Waals surface area contributed by atoms with Gasteiger partial charge in [0.1, 0.15) is 5.75 Å². The van der Waals surface area contributed by atoms with E-state index in [-0.39, 0.29) is 16.5 Å². The van der Waals surface area contributed by atoms with Gasteiger partial charge in [-0.3, -0.25) is 0 Å². The molecular weight excluding hydrogens is 355 g/mol. The van der Waals surface area contributed by atoms with Crippen LogP contribution in [-0.2, 0) is 9.53 Å². The lowest BCUT2D eigenvalue weighted by atomic mass is 10.2. The van der Waals surface area contributed by atoms with Crippen LogP contribution in [0.25, 0.3) is 4.91 Å². The van der Waals surface area contributed by atoms with Gasteiger partial charge in [0.25, 0.3) is 0 Å². The molecule has 0 fully saturated rings. The number of carbonyl (C=O) groups is 1. The van der Waals surface area contributed by atoms with E-state index in [0.717, 1.165) is 16.2 Å². The van der Waals surface area contributed by atoms with Gasteiger partial charge in [-0.25, -0.2) is 4.79 Å². The molecule has 0 unspecified atom stereocenters. The third-order valence-corrected chi connectivity index (χ3v) is 4.71. The first-order valence-corrected chi connectivity index (χ1v) is 8.62. The summed E-state index contributed by atoms with van der Waals surface area (Å²) in [7, 11) is 0. The molecule has 1 heterocycles. The van der Waals surface area contributed by atoms with Crippen LogP contribution in [0.4, 0.5) is 0 Å². The largest absolute Gasteiger partial charge is 0.485 e. The number of ether oxygens (including phenoxy) is 2. The summed E-state index contributed by atoms with van der Waals surface area (Å²) in [6.07, 6.45) is 0. The lowest BCUT2D eigenvalue weighted by Gasteiger charge is -2.20. The monoisotopic (exact) mass is 366 g/mol. The van der Waals surface area contributed by atoms with Gasteiger partial charge in [-0.2, -0.15) is 0 Å². The molecular formula is C17H12Cl2O3S. The minimum Gasteiger partial charge on any atom is -0.485 e. The van der Waals surface area contributed by atoms with Gasteiger partial charge in [-0.1, -0.05) is 53.5 Å². The van der Waals surface area contributed by atoms with Crippen LogP contribution in [0.2, 0.25) is 10.0 Å². The second-order valence-corrected chi connectivity index (χ2v) is 6.63. The molecule has 1 aliphatic rings. The molecule has 0 spiro atoms. The zero-order chi connectivity index (χ0) is 16.2. The van der Waals surface area contributed by atoms with Crippen molar-refractivity contribution in [3.8, 4) is 5.75 Å². The fourth-order valence-corrected chi connectivity index (χ4v) is 3.47. The number of benzene rings is 2. The van der Waals surface area contributed by atoms with E-state index in [1.165, 1.54) is 6.07 Å². The molecule has 3 rings (SSSR count). The fourth-order valence-electron chi connectivity index (χ4n) is 2.08. The topological polar surface area (TPSA) is 35.5 Å². The number of esters is 1. The Labute approximate surface area is 148 Å². The van der Waals surface area contributed by atoms with Crippen molar-refractivity contribution in [1.82, 2.24) is 0 Å². The average Bonchev–Trinajstić information content (AvgIpc) is 2.58. The molecule has 0 bridgehead atoms. The lowest BCUT2D eigenvalue weighted by molar-refractivity contribution is -0.133. The van der Waals surface area contributed by atoms with Crippen LogP contribution in [0.15, 0.2) is 54.3 Å². The molecule has 3 nitrogen and oxygen atoms in total. The fraction of sp³-hybridized carbons (Fsp3) is 0.118. The Morgan fingerprint density at radius 3 is 2.65 bits per heavy atom. The standard InChI is InChI=1S/C17H12Cl2O3S/c18-12-6-7-14(13(19)10-12)22-17(20)15-16(23-9-8-21-15)11-4-2-1-3-5-11/h1-7,10H,8-9H2. The van der Waals surface area contributed by atoms with E-state index in [2.05, 4.69) is 0 Å². The molecule has 2 aromatic rings. The lowest BCUT2D eigenvalue weighted by Crippen LogP contribution is -2.19. The van der Waals surface area contributed by atoms with Crippen LogP contribution < -0.4 is 4.74 Å². The summed E-state index contributed by atoms with van der Waals surface area (Å²) in [4.78, 5) is 13.2. The van der Waals surface area contributed by atoms with Crippen LogP contribution in [0.1, 0.15) is 5.56 Å². The van der Waals surface area contributed by atoms with E-state index in [0.29, 0.717) is 11.6 Å². The van der Waals surface area contributed by atoms with Gasteiger partial charge < -0.3 is 9.47 Å². The predicted octanol–water partition coefficient (Wildman–Crippen LogP) is 5.03. The maximum atomic E-state index is 12.5.